The highest BCUT2D eigenvalue weighted by atomic mass is 16.5. The van der Waals surface area contributed by atoms with E-state index in [0.29, 0.717) is 46.8 Å². The molecule has 0 spiro atoms. The Bertz CT molecular complexity index is 1240. The molecule has 4 aromatic rings. The molecule has 0 aliphatic rings. The van der Waals surface area contributed by atoms with Gasteiger partial charge in [-0.1, -0.05) is 25.1 Å². The Balaban J connectivity index is 1.74. The molecule has 2 aromatic carbocycles. The summed E-state index contributed by atoms with van der Waals surface area (Å²) in [7, 11) is 1.58. The van der Waals surface area contributed by atoms with E-state index in [9.17, 15) is 4.79 Å². The molecule has 0 saturated carbocycles. The minimum atomic E-state index is -0.560. The van der Waals surface area contributed by atoms with E-state index >= 15 is 0 Å². The lowest BCUT2D eigenvalue weighted by Crippen LogP contribution is -2.14. The molecule has 8 nitrogen and oxygen atoms in total. The van der Waals surface area contributed by atoms with Crippen LogP contribution in [-0.2, 0) is 13.0 Å². The van der Waals surface area contributed by atoms with Crippen LogP contribution < -0.4 is 20.5 Å². The van der Waals surface area contributed by atoms with Crippen molar-refractivity contribution in [2.75, 3.05) is 19.0 Å². The Morgan fingerprint density at radius 3 is 2.78 bits per heavy atom. The van der Waals surface area contributed by atoms with Gasteiger partial charge in [0.05, 0.1) is 36.7 Å². The summed E-state index contributed by atoms with van der Waals surface area (Å²) in [5.74, 6) is 0.549. The molecule has 2 heterocycles. The van der Waals surface area contributed by atoms with Crippen molar-refractivity contribution in [3.8, 4) is 11.5 Å². The molecule has 8 heteroatoms. The molecule has 0 unspecified atom stereocenters. The first-order valence-corrected chi connectivity index (χ1v) is 10.3. The number of nitrogens with two attached hydrogens (primary N) is 1. The second-order valence-corrected chi connectivity index (χ2v) is 7.22. The summed E-state index contributed by atoms with van der Waals surface area (Å²) in [5, 5.41) is 4.12. The number of carbonyl (C=O) groups is 1. The number of amides is 1. The number of rotatable bonds is 9. The third-order valence-electron chi connectivity index (χ3n) is 5.24. The number of imidazole rings is 1. The normalized spacial score (nSPS) is 10.8. The van der Waals surface area contributed by atoms with Crippen LogP contribution in [0.25, 0.3) is 10.9 Å². The van der Waals surface area contributed by atoms with Crippen LogP contribution in [0.15, 0.2) is 61.3 Å². The zero-order valence-electron chi connectivity index (χ0n) is 18.0. The van der Waals surface area contributed by atoms with E-state index in [1.165, 1.54) is 6.20 Å². The number of para-hydroxylation sites is 1. The van der Waals surface area contributed by atoms with Crippen molar-refractivity contribution in [2.45, 2.75) is 19.9 Å². The molecule has 0 aliphatic carbocycles. The van der Waals surface area contributed by atoms with Gasteiger partial charge in [0.1, 0.15) is 6.61 Å². The van der Waals surface area contributed by atoms with Crippen LogP contribution in [0.4, 0.5) is 11.4 Å². The van der Waals surface area contributed by atoms with Crippen LogP contribution in [-0.4, -0.2) is 34.2 Å². The molecule has 0 radical (unpaired) electrons. The number of benzene rings is 2. The van der Waals surface area contributed by atoms with Crippen molar-refractivity contribution >= 4 is 28.2 Å². The number of hydrogen-bond donors (Lipinski definition) is 2. The summed E-state index contributed by atoms with van der Waals surface area (Å²) in [4.78, 5) is 20.6. The van der Waals surface area contributed by atoms with E-state index in [-0.39, 0.29) is 0 Å². The Kier molecular flexibility index (Phi) is 6.21. The number of nitrogens with one attached hydrogen (secondary N) is 1. The summed E-state index contributed by atoms with van der Waals surface area (Å²) in [6, 6.07) is 11.6. The predicted octanol–water partition coefficient (Wildman–Crippen LogP) is 3.92. The maximum Gasteiger partial charge on any atom is 0.252 e. The van der Waals surface area contributed by atoms with Gasteiger partial charge < -0.3 is 25.1 Å². The van der Waals surface area contributed by atoms with Crippen molar-refractivity contribution in [1.29, 1.82) is 0 Å². The predicted molar refractivity (Wildman–Crippen MR) is 124 cm³/mol. The zero-order valence-corrected chi connectivity index (χ0v) is 18.0. The van der Waals surface area contributed by atoms with Gasteiger partial charge in [-0.25, -0.2) is 4.98 Å². The van der Waals surface area contributed by atoms with E-state index < -0.39 is 5.91 Å². The van der Waals surface area contributed by atoms with E-state index in [2.05, 4.69) is 22.2 Å². The molecule has 0 bridgehead atoms. The maximum atomic E-state index is 12.2. The number of carbonyl (C=O) groups excluding carboxylic acids is 1. The van der Waals surface area contributed by atoms with Crippen molar-refractivity contribution in [2.24, 2.45) is 5.73 Å². The quantitative estimate of drug-likeness (QED) is 0.416. The first-order valence-electron chi connectivity index (χ1n) is 10.3. The Hall–Kier alpha value is -4.07. The van der Waals surface area contributed by atoms with Crippen LogP contribution in [0.3, 0.4) is 0 Å². The van der Waals surface area contributed by atoms with Crippen LogP contribution in [0.2, 0.25) is 0 Å². The monoisotopic (exact) mass is 431 g/mol. The highest BCUT2D eigenvalue weighted by Gasteiger charge is 2.18. The summed E-state index contributed by atoms with van der Waals surface area (Å²) in [6.07, 6.45) is 7.67. The lowest BCUT2D eigenvalue weighted by atomic mass is 10.1. The van der Waals surface area contributed by atoms with Crippen LogP contribution in [0.1, 0.15) is 22.8 Å². The second-order valence-electron chi connectivity index (χ2n) is 7.22. The van der Waals surface area contributed by atoms with Gasteiger partial charge in [0.15, 0.2) is 11.5 Å². The minimum absolute atomic E-state index is 0.305. The van der Waals surface area contributed by atoms with Crippen LogP contribution in [0, 0.1) is 0 Å². The molecule has 32 heavy (non-hydrogen) atoms. The number of aromatic nitrogens is 3. The first-order chi connectivity index (χ1) is 15.6. The topological polar surface area (TPSA) is 104 Å². The van der Waals surface area contributed by atoms with Crippen LogP contribution in [0.5, 0.6) is 11.5 Å². The van der Waals surface area contributed by atoms with Crippen molar-refractivity contribution in [3.63, 3.8) is 0 Å². The molecule has 0 atom stereocenters. The molecule has 4 rings (SSSR count). The van der Waals surface area contributed by atoms with Crippen LogP contribution >= 0.6 is 0 Å². The van der Waals surface area contributed by atoms with Crippen molar-refractivity contribution in [3.05, 3.63) is 72.4 Å². The average Bonchev–Trinajstić information content (AvgIpc) is 3.32. The van der Waals surface area contributed by atoms with Gasteiger partial charge in [-0.3, -0.25) is 9.78 Å². The zero-order chi connectivity index (χ0) is 22.5. The number of anilines is 2. The van der Waals surface area contributed by atoms with Gasteiger partial charge >= 0.3 is 0 Å². The molecule has 0 aliphatic heterocycles. The number of methoxy groups -OCH3 is 1. The minimum Gasteiger partial charge on any atom is -0.493 e. The Morgan fingerprint density at radius 2 is 2.06 bits per heavy atom. The van der Waals surface area contributed by atoms with Gasteiger partial charge in [0.2, 0.25) is 0 Å². The molecular weight excluding hydrogens is 406 g/mol. The lowest BCUT2D eigenvalue weighted by Gasteiger charge is -2.17. The number of ether oxygens (including phenoxy) is 2. The van der Waals surface area contributed by atoms with Gasteiger partial charge in [-0.2, -0.15) is 0 Å². The Morgan fingerprint density at radius 1 is 1.22 bits per heavy atom. The fourth-order valence-corrected chi connectivity index (χ4v) is 3.56. The molecule has 3 N–H and O–H groups in total. The fourth-order valence-electron chi connectivity index (χ4n) is 3.56. The fraction of sp³-hybridized carbons (Fsp3) is 0.208. The van der Waals surface area contributed by atoms with E-state index in [4.69, 9.17) is 15.2 Å². The number of hydrogen-bond acceptors (Lipinski definition) is 6. The third kappa shape index (κ3) is 4.34. The SMILES string of the molecule is CCc1ccccc1Nc1c(C(N)=O)cnc2cc(OCCn3ccnc3)c(OC)cc12. The summed E-state index contributed by atoms with van der Waals surface area (Å²) in [5.41, 5.74) is 9.24. The molecule has 0 fully saturated rings. The molecular formula is C24H25N5O3. The molecule has 1 amide bonds. The largest absolute Gasteiger partial charge is 0.493 e. The van der Waals surface area contributed by atoms with Crippen molar-refractivity contribution in [1.82, 2.24) is 14.5 Å². The van der Waals surface area contributed by atoms with E-state index in [1.807, 2.05) is 47.2 Å². The smallest absolute Gasteiger partial charge is 0.252 e. The van der Waals surface area contributed by atoms with Gasteiger partial charge in [-0.05, 0) is 24.1 Å². The number of fused-ring (bicyclic) bond motifs is 1. The molecule has 0 saturated heterocycles. The highest BCUT2D eigenvalue weighted by molar-refractivity contribution is 6.08. The standard InChI is InChI=1S/C24H25N5O3/c1-3-16-6-4-5-7-19(16)28-23-17-12-21(31-2)22(32-11-10-29-9-8-26-15-29)13-20(17)27-14-18(23)24(25)30/h4-9,12-15H,3,10-11H2,1-2H3,(H2,25,30)(H,27,28). The average molecular weight is 431 g/mol. The third-order valence-corrected chi connectivity index (χ3v) is 5.24. The highest BCUT2D eigenvalue weighted by Crippen LogP contribution is 2.37. The lowest BCUT2D eigenvalue weighted by molar-refractivity contribution is 0.100. The summed E-state index contributed by atoms with van der Waals surface area (Å²) >= 11 is 0. The van der Waals surface area contributed by atoms with Gasteiger partial charge in [0, 0.05) is 35.7 Å². The number of nitrogens with zero attached hydrogens (tertiary/aromatic N) is 3. The van der Waals surface area contributed by atoms with E-state index in [1.54, 1.807) is 19.6 Å². The Labute approximate surface area is 186 Å². The van der Waals surface area contributed by atoms with E-state index in [0.717, 1.165) is 17.7 Å². The molecule has 164 valence electrons. The first kappa shape index (κ1) is 21.2. The molecule has 2 aromatic heterocycles. The number of primary amides is 1. The van der Waals surface area contributed by atoms with Gasteiger partial charge in [0.25, 0.3) is 5.91 Å². The van der Waals surface area contributed by atoms with Crippen molar-refractivity contribution < 1.29 is 14.3 Å². The number of aryl methyl sites for hydroxylation is 1. The van der Waals surface area contributed by atoms with Gasteiger partial charge in [-0.15, -0.1) is 0 Å². The maximum absolute atomic E-state index is 12.2. The number of pyridine rings is 1. The summed E-state index contributed by atoms with van der Waals surface area (Å²) < 4.78 is 13.5. The summed E-state index contributed by atoms with van der Waals surface area (Å²) in [6.45, 7) is 3.17. The second kappa shape index (κ2) is 9.38.